The highest BCUT2D eigenvalue weighted by Crippen LogP contribution is 2.13. The second-order valence-corrected chi connectivity index (χ2v) is 6.96. The summed E-state index contributed by atoms with van der Waals surface area (Å²) >= 11 is 0. The summed E-state index contributed by atoms with van der Waals surface area (Å²) in [6.45, 7) is 2.73. The van der Waals surface area contributed by atoms with Gasteiger partial charge in [0.15, 0.2) is 5.78 Å². The number of nitrogens with one attached hydrogen (secondary N) is 1. The van der Waals surface area contributed by atoms with Crippen molar-refractivity contribution in [2.75, 3.05) is 6.54 Å². The van der Waals surface area contributed by atoms with Crippen LogP contribution >= 0.6 is 0 Å². The standard InChI is InChI=1S/C17H17NO5S/c1-12-6-8-15(9-7-12)23-17(20)11-18-24(21,22)16-5-3-4-14(10-16)13(2)19/h3-10,18H,11H2,1-2H3. The van der Waals surface area contributed by atoms with Crippen LogP contribution in [-0.4, -0.2) is 26.7 Å². The van der Waals surface area contributed by atoms with Gasteiger partial charge in [-0.15, -0.1) is 0 Å². The minimum Gasteiger partial charge on any atom is -0.426 e. The first-order valence-electron chi connectivity index (χ1n) is 7.16. The molecule has 0 aromatic heterocycles. The zero-order valence-corrected chi connectivity index (χ0v) is 14.1. The molecule has 0 saturated carbocycles. The Morgan fingerprint density at radius 1 is 1.08 bits per heavy atom. The maximum Gasteiger partial charge on any atom is 0.326 e. The Balaban J connectivity index is 2.01. The molecular weight excluding hydrogens is 330 g/mol. The molecule has 0 radical (unpaired) electrons. The van der Waals surface area contributed by atoms with Gasteiger partial charge in [0.2, 0.25) is 10.0 Å². The van der Waals surface area contributed by atoms with Crippen LogP contribution < -0.4 is 9.46 Å². The fraction of sp³-hybridized carbons (Fsp3) is 0.176. The minimum atomic E-state index is -3.91. The van der Waals surface area contributed by atoms with E-state index in [0.717, 1.165) is 5.56 Å². The lowest BCUT2D eigenvalue weighted by Gasteiger charge is -2.08. The van der Waals surface area contributed by atoms with E-state index in [4.69, 9.17) is 4.74 Å². The number of hydrogen-bond acceptors (Lipinski definition) is 5. The van der Waals surface area contributed by atoms with Crippen LogP contribution in [0.4, 0.5) is 0 Å². The largest absolute Gasteiger partial charge is 0.426 e. The first kappa shape index (κ1) is 17.8. The van der Waals surface area contributed by atoms with Gasteiger partial charge in [-0.3, -0.25) is 9.59 Å². The van der Waals surface area contributed by atoms with Crippen LogP contribution in [0.15, 0.2) is 53.4 Å². The average Bonchev–Trinajstić information content (AvgIpc) is 2.55. The van der Waals surface area contributed by atoms with Crippen LogP contribution in [0.5, 0.6) is 5.75 Å². The number of carbonyl (C=O) groups excluding carboxylic acids is 2. The van der Waals surface area contributed by atoms with Crippen molar-refractivity contribution >= 4 is 21.8 Å². The van der Waals surface area contributed by atoms with Crippen molar-refractivity contribution in [3.63, 3.8) is 0 Å². The fourth-order valence-corrected chi connectivity index (χ4v) is 2.91. The molecule has 7 heteroatoms. The maximum atomic E-state index is 12.2. The van der Waals surface area contributed by atoms with E-state index < -0.39 is 22.5 Å². The third-order valence-corrected chi connectivity index (χ3v) is 4.61. The second-order valence-electron chi connectivity index (χ2n) is 5.20. The van der Waals surface area contributed by atoms with Crippen LogP contribution in [0.3, 0.4) is 0 Å². The molecule has 1 N–H and O–H groups in total. The van der Waals surface area contributed by atoms with E-state index in [0.29, 0.717) is 5.75 Å². The molecule has 0 unspecified atom stereocenters. The molecular formula is C17H17NO5S. The van der Waals surface area contributed by atoms with E-state index in [2.05, 4.69) is 4.72 Å². The summed E-state index contributed by atoms with van der Waals surface area (Å²) in [6, 6.07) is 12.4. The van der Waals surface area contributed by atoms with Crippen molar-refractivity contribution < 1.29 is 22.7 Å². The number of rotatable bonds is 6. The molecule has 2 aromatic carbocycles. The third-order valence-electron chi connectivity index (χ3n) is 3.21. The van der Waals surface area contributed by atoms with Gasteiger partial charge >= 0.3 is 5.97 Å². The molecule has 24 heavy (non-hydrogen) atoms. The van der Waals surface area contributed by atoms with Crippen LogP contribution in [0.25, 0.3) is 0 Å². The van der Waals surface area contributed by atoms with Gasteiger partial charge in [-0.05, 0) is 38.1 Å². The van der Waals surface area contributed by atoms with Crippen LogP contribution in [0, 0.1) is 6.92 Å². The summed E-state index contributed by atoms with van der Waals surface area (Å²) in [4.78, 5) is 23.0. The predicted octanol–water partition coefficient (Wildman–Crippen LogP) is 2.08. The van der Waals surface area contributed by atoms with Crippen LogP contribution in [0.2, 0.25) is 0 Å². The van der Waals surface area contributed by atoms with Gasteiger partial charge in [0.1, 0.15) is 12.3 Å². The first-order valence-corrected chi connectivity index (χ1v) is 8.64. The van der Waals surface area contributed by atoms with E-state index in [1.807, 2.05) is 6.92 Å². The zero-order valence-electron chi connectivity index (χ0n) is 13.3. The molecule has 0 atom stereocenters. The number of hydrogen-bond donors (Lipinski definition) is 1. The van der Waals surface area contributed by atoms with Crippen LogP contribution in [-0.2, 0) is 14.8 Å². The molecule has 0 bridgehead atoms. The van der Waals surface area contributed by atoms with Crippen molar-refractivity contribution in [2.24, 2.45) is 0 Å². The summed E-state index contributed by atoms with van der Waals surface area (Å²) < 4.78 is 31.6. The van der Waals surface area contributed by atoms with Crippen molar-refractivity contribution in [3.05, 3.63) is 59.7 Å². The highest BCUT2D eigenvalue weighted by Gasteiger charge is 2.17. The number of carbonyl (C=O) groups is 2. The fourth-order valence-electron chi connectivity index (χ4n) is 1.89. The van der Waals surface area contributed by atoms with E-state index in [1.54, 1.807) is 24.3 Å². The molecule has 0 aliphatic heterocycles. The third kappa shape index (κ3) is 4.74. The number of sulfonamides is 1. The van der Waals surface area contributed by atoms with Crippen molar-refractivity contribution in [3.8, 4) is 5.75 Å². The Hall–Kier alpha value is -2.51. The highest BCUT2D eigenvalue weighted by molar-refractivity contribution is 7.89. The molecule has 0 saturated heterocycles. The predicted molar refractivity (Wildman–Crippen MR) is 88.4 cm³/mol. The summed E-state index contributed by atoms with van der Waals surface area (Å²) in [6.07, 6.45) is 0. The van der Waals surface area contributed by atoms with Gasteiger partial charge in [-0.2, -0.15) is 4.72 Å². The topological polar surface area (TPSA) is 89.5 Å². The first-order chi connectivity index (χ1) is 11.3. The number of ether oxygens (including phenoxy) is 1. The van der Waals surface area contributed by atoms with Crippen molar-refractivity contribution in [2.45, 2.75) is 18.7 Å². The molecule has 0 spiro atoms. The molecule has 0 heterocycles. The van der Waals surface area contributed by atoms with Crippen molar-refractivity contribution in [1.29, 1.82) is 0 Å². The number of benzene rings is 2. The summed E-state index contributed by atoms with van der Waals surface area (Å²) in [5.41, 5.74) is 1.29. The smallest absolute Gasteiger partial charge is 0.326 e. The minimum absolute atomic E-state index is 0.0849. The number of aryl methyl sites for hydroxylation is 1. The van der Waals surface area contributed by atoms with Gasteiger partial charge in [-0.1, -0.05) is 29.8 Å². The Morgan fingerprint density at radius 3 is 2.38 bits per heavy atom. The van der Waals surface area contributed by atoms with E-state index in [9.17, 15) is 18.0 Å². The van der Waals surface area contributed by atoms with Gasteiger partial charge < -0.3 is 4.74 Å². The lowest BCUT2D eigenvalue weighted by molar-refractivity contribution is -0.133. The molecule has 6 nitrogen and oxygen atoms in total. The zero-order chi connectivity index (χ0) is 17.7. The number of esters is 1. The Bertz CT molecular complexity index is 857. The molecule has 0 aliphatic carbocycles. The molecule has 0 aliphatic rings. The van der Waals surface area contributed by atoms with Gasteiger partial charge in [-0.25, -0.2) is 8.42 Å². The Morgan fingerprint density at radius 2 is 1.75 bits per heavy atom. The summed E-state index contributed by atoms with van der Waals surface area (Å²) in [5.74, 6) is -0.639. The van der Waals surface area contributed by atoms with E-state index in [-0.39, 0.29) is 16.2 Å². The van der Waals surface area contributed by atoms with E-state index >= 15 is 0 Å². The van der Waals surface area contributed by atoms with Crippen molar-refractivity contribution in [1.82, 2.24) is 4.72 Å². The average molecular weight is 347 g/mol. The number of Topliss-reactive ketones (excluding diaryl/α,β-unsaturated/α-hetero) is 1. The molecule has 0 amide bonds. The van der Waals surface area contributed by atoms with Gasteiger partial charge in [0.05, 0.1) is 4.90 Å². The highest BCUT2D eigenvalue weighted by atomic mass is 32.2. The van der Waals surface area contributed by atoms with E-state index in [1.165, 1.54) is 31.2 Å². The molecule has 0 fully saturated rings. The normalized spacial score (nSPS) is 11.1. The lowest BCUT2D eigenvalue weighted by atomic mass is 10.2. The summed E-state index contributed by atoms with van der Waals surface area (Å²) in [5, 5.41) is 0. The molecule has 2 rings (SSSR count). The Labute approximate surface area is 140 Å². The van der Waals surface area contributed by atoms with Gasteiger partial charge in [0, 0.05) is 5.56 Å². The Kier molecular flexibility index (Phi) is 5.48. The monoisotopic (exact) mass is 347 g/mol. The van der Waals surface area contributed by atoms with Gasteiger partial charge in [0.25, 0.3) is 0 Å². The summed E-state index contributed by atoms with van der Waals surface area (Å²) in [7, 11) is -3.91. The number of ketones is 1. The molecule has 2 aromatic rings. The maximum absolute atomic E-state index is 12.2. The second kappa shape index (κ2) is 7.37. The molecule has 126 valence electrons. The van der Waals surface area contributed by atoms with Crippen LogP contribution in [0.1, 0.15) is 22.8 Å². The lowest BCUT2D eigenvalue weighted by Crippen LogP contribution is -2.32. The SMILES string of the molecule is CC(=O)c1cccc(S(=O)(=O)NCC(=O)Oc2ccc(C)cc2)c1. The quantitative estimate of drug-likeness (QED) is 0.491.